The molecular weight excluding hydrogens is 475 g/mol. The summed E-state index contributed by atoms with van der Waals surface area (Å²) in [4.78, 5) is 27.0. The van der Waals surface area contributed by atoms with E-state index in [0.29, 0.717) is 17.1 Å². The van der Waals surface area contributed by atoms with Gasteiger partial charge in [-0.15, -0.1) is 0 Å². The first-order valence-corrected chi connectivity index (χ1v) is 12.6. The lowest BCUT2D eigenvalue weighted by Gasteiger charge is -2.12. The molecule has 0 aliphatic carbocycles. The van der Waals surface area contributed by atoms with Crippen LogP contribution in [0.25, 0.3) is 17.0 Å². The highest BCUT2D eigenvalue weighted by molar-refractivity contribution is 8.18. The zero-order valence-electron chi connectivity index (χ0n) is 19.8. The number of carbonyl (C=O) groups excluding carboxylic acids is 2. The molecule has 1 fully saturated rings. The second-order valence-corrected chi connectivity index (χ2v) is 9.66. The van der Waals surface area contributed by atoms with Crippen LogP contribution in [0.2, 0.25) is 0 Å². The lowest BCUT2D eigenvalue weighted by atomic mass is 10.1. The Morgan fingerprint density at radius 1 is 0.972 bits per heavy atom. The molecule has 0 bridgehead atoms. The van der Waals surface area contributed by atoms with Crippen LogP contribution in [0.3, 0.4) is 0 Å². The van der Waals surface area contributed by atoms with Gasteiger partial charge in [0, 0.05) is 34.8 Å². The molecule has 0 atom stereocenters. The summed E-state index contributed by atoms with van der Waals surface area (Å²) in [7, 11) is 0. The molecule has 2 heterocycles. The van der Waals surface area contributed by atoms with Crippen molar-refractivity contribution in [3.8, 4) is 5.75 Å². The van der Waals surface area contributed by atoms with Gasteiger partial charge in [0.25, 0.3) is 11.1 Å². The number of para-hydroxylation sites is 1. The highest BCUT2D eigenvalue weighted by atomic mass is 32.2. The van der Waals surface area contributed by atoms with E-state index in [2.05, 4.69) is 4.57 Å². The maximum Gasteiger partial charge on any atom is 0.293 e. The minimum Gasteiger partial charge on any atom is -0.494 e. The topological polar surface area (TPSA) is 51.5 Å². The summed E-state index contributed by atoms with van der Waals surface area (Å²) in [5.74, 6) is 0.0105. The maximum absolute atomic E-state index is 14.1. The standard InChI is InChI=1S/C29H25FN2O3S/c1-20-11-13-23(14-12-20)35-16-6-15-31-18-22(24-8-3-5-10-26(24)31)17-27-28(33)32(29(34)36-27)19-21-7-2-4-9-25(21)30/h2-5,7-14,17-18H,6,15-16,19H2,1H3/b27-17-. The third kappa shape index (κ3) is 5.06. The number of thioether (sulfide) groups is 1. The van der Waals surface area contributed by atoms with Crippen molar-refractivity contribution in [2.24, 2.45) is 0 Å². The number of nitrogens with zero attached hydrogens (tertiary/aromatic N) is 2. The molecule has 0 N–H and O–H groups in total. The second kappa shape index (κ2) is 10.4. The van der Waals surface area contributed by atoms with Gasteiger partial charge in [-0.3, -0.25) is 14.5 Å². The zero-order valence-corrected chi connectivity index (χ0v) is 20.6. The first-order valence-electron chi connectivity index (χ1n) is 11.8. The Morgan fingerprint density at radius 3 is 2.53 bits per heavy atom. The first-order chi connectivity index (χ1) is 17.5. The molecule has 0 saturated carbocycles. The van der Waals surface area contributed by atoms with E-state index >= 15 is 0 Å². The van der Waals surface area contributed by atoms with Crippen LogP contribution in [-0.2, 0) is 17.9 Å². The van der Waals surface area contributed by atoms with Gasteiger partial charge in [-0.05, 0) is 55.4 Å². The van der Waals surface area contributed by atoms with Gasteiger partial charge in [0.1, 0.15) is 11.6 Å². The van der Waals surface area contributed by atoms with Crippen molar-refractivity contribution in [3.05, 3.63) is 106 Å². The van der Waals surface area contributed by atoms with E-state index in [4.69, 9.17) is 4.74 Å². The Morgan fingerprint density at radius 2 is 1.72 bits per heavy atom. The van der Waals surface area contributed by atoms with Crippen molar-refractivity contribution >= 4 is 39.9 Å². The summed E-state index contributed by atoms with van der Waals surface area (Å²) >= 11 is 0.886. The number of rotatable bonds is 8. The lowest BCUT2D eigenvalue weighted by molar-refractivity contribution is -0.123. The smallest absolute Gasteiger partial charge is 0.293 e. The van der Waals surface area contributed by atoms with E-state index in [1.807, 2.05) is 61.7 Å². The monoisotopic (exact) mass is 500 g/mol. The Hall–Kier alpha value is -3.84. The summed E-state index contributed by atoms with van der Waals surface area (Å²) in [6.45, 7) is 3.29. The molecule has 2 amide bonds. The van der Waals surface area contributed by atoms with Crippen LogP contribution in [0.5, 0.6) is 5.75 Å². The SMILES string of the molecule is Cc1ccc(OCCCn2cc(/C=C3\SC(=O)N(Cc4ccccc4F)C3=O)c3ccccc32)cc1. The average molecular weight is 501 g/mol. The molecule has 7 heteroatoms. The van der Waals surface area contributed by atoms with Crippen molar-refractivity contribution in [2.75, 3.05) is 6.61 Å². The molecule has 0 radical (unpaired) electrons. The van der Waals surface area contributed by atoms with Gasteiger partial charge in [-0.1, -0.05) is 54.1 Å². The Balaban J connectivity index is 1.31. The fraction of sp³-hybridized carbons (Fsp3) is 0.172. The fourth-order valence-electron chi connectivity index (χ4n) is 4.21. The van der Waals surface area contributed by atoms with Gasteiger partial charge in [0.2, 0.25) is 0 Å². The predicted octanol–water partition coefficient (Wildman–Crippen LogP) is 6.79. The molecule has 4 aromatic rings. The van der Waals surface area contributed by atoms with Gasteiger partial charge in [0.15, 0.2) is 0 Å². The van der Waals surface area contributed by atoms with Crippen molar-refractivity contribution < 1.29 is 18.7 Å². The zero-order chi connectivity index (χ0) is 25.1. The molecule has 1 aromatic heterocycles. The minimum atomic E-state index is -0.435. The third-order valence-electron chi connectivity index (χ3n) is 6.10. The molecule has 182 valence electrons. The van der Waals surface area contributed by atoms with Crippen LogP contribution in [0.4, 0.5) is 9.18 Å². The minimum absolute atomic E-state index is 0.0859. The summed E-state index contributed by atoms with van der Waals surface area (Å²) in [5, 5.41) is 0.601. The molecule has 0 spiro atoms. The normalized spacial score (nSPS) is 14.8. The number of imide groups is 1. The van der Waals surface area contributed by atoms with E-state index < -0.39 is 17.0 Å². The fourth-order valence-corrected chi connectivity index (χ4v) is 5.04. The van der Waals surface area contributed by atoms with E-state index in [0.717, 1.165) is 51.8 Å². The number of halogens is 1. The molecular formula is C29H25FN2O3S. The quantitative estimate of drug-likeness (QED) is 0.197. The van der Waals surface area contributed by atoms with Crippen molar-refractivity contribution in [3.63, 3.8) is 0 Å². The van der Waals surface area contributed by atoms with E-state index in [1.54, 1.807) is 24.3 Å². The summed E-state index contributed by atoms with van der Waals surface area (Å²) in [5.41, 5.74) is 3.41. The number of fused-ring (bicyclic) bond motifs is 1. The van der Waals surface area contributed by atoms with Gasteiger partial charge >= 0.3 is 0 Å². The Kier molecular flexibility index (Phi) is 6.91. The largest absolute Gasteiger partial charge is 0.494 e. The van der Waals surface area contributed by atoms with Crippen molar-refractivity contribution in [1.29, 1.82) is 0 Å². The van der Waals surface area contributed by atoms with Gasteiger partial charge in [-0.2, -0.15) is 0 Å². The number of hydrogen-bond donors (Lipinski definition) is 0. The van der Waals surface area contributed by atoms with Crippen LogP contribution >= 0.6 is 11.8 Å². The molecule has 1 aliphatic rings. The molecule has 5 rings (SSSR count). The lowest BCUT2D eigenvalue weighted by Crippen LogP contribution is -2.27. The Labute approximate surface area is 213 Å². The number of amides is 2. The number of ether oxygens (including phenoxy) is 1. The highest BCUT2D eigenvalue weighted by Crippen LogP contribution is 2.35. The predicted molar refractivity (Wildman–Crippen MR) is 141 cm³/mol. The van der Waals surface area contributed by atoms with Gasteiger partial charge in [0.05, 0.1) is 18.1 Å². The second-order valence-electron chi connectivity index (χ2n) is 8.67. The number of benzene rings is 3. The molecule has 1 aliphatic heterocycles. The average Bonchev–Trinajstić information content (AvgIpc) is 3.36. The maximum atomic E-state index is 14.1. The van der Waals surface area contributed by atoms with Crippen LogP contribution < -0.4 is 4.74 Å². The van der Waals surface area contributed by atoms with Crippen LogP contribution in [0, 0.1) is 12.7 Å². The van der Waals surface area contributed by atoms with Crippen molar-refractivity contribution in [2.45, 2.75) is 26.4 Å². The van der Waals surface area contributed by atoms with Crippen LogP contribution in [0.1, 0.15) is 23.1 Å². The van der Waals surface area contributed by atoms with E-state index in [1.165, 1.54) is 11.6 Å². The Bertz CT molecular complexity index is 1460. The molecule has 36 heavy (non-hydrogen) atoms. The summed E-state index contributed by atoms with van der Waals surface area (Å²) in [6, 6.07) is 22.1. The first kappa shape index (κ1) is 23.9. The van der Waals surface area contributed by atoms with E-state index in [9.17, 15) is 14.0 Å². The van der Waals surface area contributed by atoms with Crippen molar-refractivity contribution in [1.82, 2.24) is 9.47 Å². The number of aryl methyl sites for hydroxylation is 2. The highest BCUT2D eigenvalue weighted by Gasteiger charge is 2.35. The van der Waals surface area contributed by atoms with Gasteiger partial charge in [-0.25, -0.2) is 4.39 Å². The molecule has 1 saturated heterocycles. The van der Waals surface area contributed by atoms with Gasteiger partial charge < -0.3 is 9.30 Å². The summed E-state index contributed by atoms with van der Waals surface area (Å²) < 4.78 is 22.1. The summed E-state index contributed by atoms with van der Waals surface area (Å²) in [6.07, 6.45) is 4.57. The molecule has 5 nitrogen and oxygen atoms in total. The third-order valence-corrected chi connectivity index (χ3v) is 7.01. The molecule has 3 aromatic carbocycles. The van der Waals surface area contributed by atoms with Crippen LogP contribution in [-0.4, -0.2) is 27.2 Å². The van der Waals surface area contributed by atoms with E-state index in [-0.39, 0.29) is 6.54 Å². The number of aromatic nitrogens is 1. The number of carbonyl (C=O) groups is 2. The molecule has 0 unspecified atom stereocenters. The number of hydrogen-bond acceptors (Lipinski definition) is 4. The van der Waals surface area contributed by atoms with Crippen LogP contribution in [0.15, 0.2) is 83.9 Å².